The van der Waals surface area contributed by atoms with Crippen LogP contribution < -0.4 is 9.47 Å². The number of benzene rings is 1. The SMILES string of the molecule is O=C1CC[C@@H](O)N1[C@H](CN1CCCC1)[C@H](O)c1ccc2c(c1)OCCO2. The first kappa shape index (κ1) is 17.6. The molecular weight excluding hydrogens is 336 g/mol. The number of fused-ring (bicyclic) bond motifs is 1. The molecule has 3 aliphatic rings. The smallest absolute Gasteiger partial charge is 0.225 e. The van der Waals surface area contributed by atoms with Crippen molar-refractivity contribution >= 4 is 5.91 Å². The molecule has 3 heterocycles. The highest BCUT2D eigenvalue weighted by molar-refractivity contribution is 5.79. The average Bonchev–Trinajstić information content (AvgIpc) is 3.29. The zero-order valence-electron chi connectivity index (χ0n) is 14.8. The number of aliphatic hydroxyl groups excluding tert-OH is 2. The molecule has 26 heavy (non-hydrogen) atoms. The van der Waals surface area contributed by atoms with E-state index in [9.17, 15) is 15.0 Å². The lowest BCUT2D eigenvalue weighted by Gasteiger charge is -2.37. The van der Waals surface area contributed by atoms with Gasteiger partial charge < -0.3 is 29.5 Å². The fourth-order valence-electron chi connectivity index (χ4n) is 4.13. The number of rotatable bonds is 5. The molecule has 1 aromatic rings. The van der Waals surface area contributed by atoms with Gasteiger partial charge in [0.1, 0.15) is 25.5 Å². The van der Waals surface area contributed by atoms with Crippen molar-refractivity contribution in [3.63, 3.8) is 0 Å². The molecular formula is C19H26N2O5. The van der Waals surface area contributed by atoms with Crippen molar-refractivity contribution in [3.8, 4) is 11.5 Å². The molecule has 142 valence electrons. The van der Waals surface area contributed by atoms with Crippen molar-refractivity contribution in [2.45, 2.75) is 44.1 Å². The van der Waals surface area contributed by atoms with E-state index in [2.05, 4.69) is 4.90 Å². The Morgan fingerprint density at radius 1 is 1.15 bits per heavy atom. The topological polar surface area (TPSA) is 82.5 Å². The number of aliphatic hydroxyl groups is 2. The van der Waals surface area contributed by atoms with Crippen molar-refractivity contribution in [1.29, 1.82) is 0 Å². The van der Waals surface area contributed by atoms with Crippen LogP contribution in [-0.2, 0) is 4.79 Å². The fourth-order valence-corrected chi connectivity index (χ4v) is 4.13. The zero-order valence-corrected chi connectivity index (χ0v) is 14.8. The van der Waals surface area contributed by atoms with Gasteiger partial charge in [-0.05, 0) is 43.6 Å². The van der Waals surface area contributed by atoms with Gasteiger partial charge in [0.25, 0.3) is 0 Å². The van der Waals surface area contributed by atoms with E-state index in [1.54, 1.807) is 12.1 Å². The monoisotopic (exact) mass is 362 g/mol. The predicted octanol–water partition coefficient (Wildman–Crippen LogP) is 0.896. The van der Waals surface area contributed by atoms with Crippen molar-refractivity contribution in [3.05, 3.63) is 23.8 Å². The fraction of sp³-hybridized carbons (Fsp3) is 0.632. The van der Waals surface area contributed by atoms with Crippen molar-refractivity contribution < 1.29 is 24.5 Å². The first-order chi connectivity index (χ1) is 12.6. The standard InChI is InChI=1S/C19H26N2O5/c22-17-5-6-18(23)21(17)14(12-20-7-1-2-8-20)19(24)13-3-4-15-16(11-13)26-10-9-25-15/h3-4,11,14,17,19,22,24H,1-2,5-10,12H2/t14-,17-,19-/m1/s1. The molecule has 3 atom stereocenters. The van der Waals surface area contributed by atoms with Crippen LogP contribution in [0.25, 0.3) is 0 Å². The van der Waals surface area contributed by atoms with E-state index < -0.39 is 18.4 Å². The van der Waals surface area contributed by atoms with Gasteiger partial charge in [0, 0.05) is 19.4 Å². The molecule has 0 saturated carbocycles. The quantitative estimate of drug-likeness (QED) is 0.810. The number of hydrogen-bond donors (Lipinski definition) is 2. The number of ether oxygens (including phenoxy) is 2. The van der Waals surface area contributed by atoms with Crippen molar-refractivity contribution in [2.24, 2.45) is 0 Å². The first-order valence-corrected chi connectivity index (χ1v) is 9.42. The number of carbonyl (C=O) groups excluding carboxylic acids is 1. The molecule has 2 N–H and O–H groups in total. The molecule has 3 aliphatic heterocycles. The summed E-state index contributed by atoms with van der Waals surface area (Å²) in [5.41, 5.74) is 0.672. The minimum Gasteiger partial charge on any atom is -0.486 e. The van der Waals surface area contributed by atoms with Crippen LogP contribution in [0.15, 0.2) is 18.2 Å². The summed E-state index contributed by atoms with van der Waals surface area (Å²) < 4.78 is 11.2. The first-order valence-electron chi connectivity index (χ1n) is 9.42. The van der Waals surface area contributed by atoms with Gasteiger partial charge in [0.05, 0.1) is 6.04 Å². The van der Waals surface area contributed by atoms with Gasteiger partial charge in [-0.25, -0.2) is 0 Å². The molecule has 2 saturated heterocycles. The molecule has 0 aromatic heterocycles. The molecule has 0 radical (unpaired) electrons. The summed E-state index contributed by atoms with van der Waals surface area (Å²) in [6.45, 7) is 3.47. The Balaban J connectivity index is 1.60. The summed E-state index contributed by atoms with van der Waals surface area (Å²) in [6.07, 6.45) is 1.27. The lowest BCUT2D eigenvalue weighted by atomic mass is 9.99. The molecule has 0 spiro atoms. The van der Waals surface area contributed by atoms with E-state index in [0.29, 0.717) is 49.7 Å². The van der Waals surface area contributed by atoms with E-state index in [-0.39, 0.29) is 5.91 Å². The molecule has 7 nitrogen and oxygen atoms in total. The summed E-state index contributed by atoms with van der Waals surface area (Å²) >= 11 is 0. The second kappa shape index (κ2) is 7.42. The maximum Gasteiger partial charge on any atom is 0.225 e. The maximum atomic E-state index is 12.4. The molecule has 7 heteroatoms. The lowest BCUT2D eigenvalue weighted by molar-refractivity contribution is -0.141. The van der Waals surface area contributed by atoms with Crippen LogP contribution in [0.4, 0.5) is 0 Å². The Bertz CT molecular complexity index is 661. The Hall–Kier alpha value is -1.83. The van der Waals surface area contributed by atoms with Gasteiger partial charge >= 0.3 is 0 Å². The van der Waals surface area contributed by atoms with Crippen LogP contribution in [0.5, 0.6) is 11.5 Å². The Morgan fingerprint density at radius 2 is 1.88 bits per heavy atom. The third-order valence-corrected chi connectivity index (χ3v) is 5.50. The van der Waals surface area contributed by atoms with Crippen LogP contribution in [0.3, 0.4) is 0 Å². The van der Waals surface area contributed by atoms with Crippen LogP contribution in [0.1, 0.15) is 37.4 Å². The van der Waals surface area contributed by atoms with Crippen LogP contribution in [0.2, 0.25) is 0 Å². The Morgan fingerprint density at radius 3 is 2.58 bits per heavy atom. The van der Waals surface area contributed by atoms with Crippen molar-refractivity contribution in [1.82, 2.24) is 9.80 Å². The average molecular weight is 362 g/mol. The zero-order chi connectivity index (χ0) is 18.1. The summed E-state index contributed by atoms with van der Waals surface area (Å²) in [4.78, 5) is 16.1. The highest BCUT2D eigenvalue weighted by Gasteiger charge is 2.40. The second-order valence-electron chi connectivity index (χ2n) is 7.24. The van der Waals surface area contributed by atoms with E-state index in [1.807, 2.05) is 6.07 Å². The molecule has 0 aliphatic carbocycles. The lowest BCUT2D eigenvalue weighted by Crippen LogP contribution is -2.50. The number of nitrogens with zero attached hydrogens (tertiary/aromatic N) is 2. The number of likely N-dealkylation sites (tertiary alicyclic amines) is 2. The minimum absolute atomic E-state index is 0.0988. The molecule has 1 aromatic carbocycles. The van der Waals surface area contributed by atoms with E-state index in [1.165, 1.54) is 4.90 Å². The molecule has 0 unspecified atom stereocenters. The predicted molar refractivity (Wildman–Crippen MR) is 93.9 cm³/mol. The van der Waals surface area contributed by atoms with Gasteiger partial charge in [-0.3, -0.25) is 4.79 Å². The summed E-state index contributed by atoms with van der Waals surface area (Å²) in [6, 6.07) is 4.90. The van der Waals surface area contributed by atoms with Gasteiger partial charge in [-0.1, -0.05) is 6.07 Å². The van der Waals surface area contributed by atoms with Gasteiger partial charge in [-0.15, -0.1) is 0 Å². The van der Waals surface area contributed by atoms with Gasteiger partial charge in [0.2, 0.25) is 5.91 Å². The summed E-state index contributed by atoms with van der Waals surface area (Å²) in [7, 11) is 0. The number of amides is 1. The number of hydrogen-bond acceptors (Lipinski definition) is 6. The second-order valence-corrected chi connectivity index (χ2v) is 7.24. The molecule has 4 rings (SSSR count). The Kier molecular flexibility index (Phi) is 5.02. The van der Waals surface area contributed by atoms with Crippen LogP contribution in [0, 0.1) is 0 Å². The highest BCUT2D eigenvalue weighted by atomic mass is 16.6. The van der Waals surface area contributed by atoms with Crippen LogP contribution >= 0.6 is 0 Å². The van der Waals surface area contributed by atoms with Gasteiger partial charge in [-0.2, -0.15) is 0 Å². The van der Waals surface area contributed by atoms with E-state index in [4.69, 9.17) is 9.47 Å². The summed E-state index contributed by atoms with van der Waals surface area (Å²) in [5, 5.41) is 21.4. The van der Waals surface area contributed by atoms with E-state index >= 15 is 0 Å². The molecule has 0 bridgehead atoms. The highest BCUT2D eigenvalue weighted by Crippen LogP contribution is 2.35. The van der Waals surface area contributed by atoms with Gasteiger partial charge in [0.15, 0.2) is 11.5 Å². The van der Waals surface area contributed by atoms with Crippen LogP contribution in [-0.4, -0.2) is 71.0 Å². The maximum absolute atomic E-state index is 12.4. The number of carbonyl (C=O) groups is 1. The molecule has 1 amide bonds. The third kappa shape index (κ3) is 3.39. The Labute approximate surface area is 153 Å². The van der Waals surface area contributed by atoms with E-state index in [0.717, 1.165) is 25.9 Å². The normalized spacial score (nSPS) is 25.5. The van der Waals surface area contributed by atoms with Crippen molar-refractivity contribution in [2.75, 3.05) is 32.8 Å². The third-order valence-electron chi connectivity index (χ3n) is 5.50. The minimum atomic E-state index is -0.900. The summed E-state index contributed by atoms with van der Waals surface area (Å²) in [5.74, 6) is 1.18. The largest absolute Gasteiger partial charge is 0.486 e. The molecule has 2 fully saturated rings.